The predicted molar refractivity (Wildman–Crippen MR) is 99.7 cm³/mol. The molecule has 0 aliphatic rings. The van der Waals surface area contributed by atoms with E-state index in [1.54, 1.807) is 24.3 Å². The molecule has 0 saturated carbocycles. The Labute approximate surface area is 156 Å². The Balaban J connectivity index is 2.52. The van der Waals surface area contributed by atoms with Gasteiger partial charge in [0.15, 0.2) is 11.6 Å². The van der Waals surface area contributed by atoms with E-state index in [1.165, 1.54) is 45.0 Å². The minimum Gasteiger partial charge on any atom is -0.478 e. The van der Waals surface area contributed by atoms with Gasteiger partial charge in [0, 0.05) is 18.1 Å². The number of carboxylic acid groups (broad SMARTS) is 1. The maximum absolute atomic E-state index is 11.8. The summed E-state index contributed by atoms with van der Waals surface area (Å²) in [5.74, 6) is -1.85. The van der Waals surface area contributed by atoms with Crippen molar-refractivity contribution in [1.82, 2.24) is 0 Å². The molecule has 2 aromatic carbocycles. The van der Waals surface area contributed by atoms with Gasteiger partial charge < -0.3 is 9.84 Å². The van der Waals surface area contributed by atoms with Crippen LogP contribution in [0.3, 0.4) is 0 Å². The van der Waals surface area contributed by atoms with Crippen LogP contribution in [0.25, 0.3) is 11.6 Å². The van der Waals surface area contributed by atoms with E-state index in [0.29, 0.717) is 11.3 Å². The number of ether oxygens (including phenoxy) is 1. The van der Waals surface area contributed by atoms with E-state index in [9.17, 15) is 24.3 Å². The lowest BCUT2D eigenvalue weighted by molar-refractivity contribution is -0.132. The van der Waals surface area contributed by atoms with Crippen LogP contribution in [0.2, 0.25) is 0 Å². The summed E-state index contributed by atoms with van der Waals surface area (Å²) in [6.07, 6.45) is 1.42. The molecule has 0 fully saturated rings. The van der Waals surface area contributed by atoms with Gasteiger partial charge in [-0.15, -0.1) is 0 Å². The van der Waals surface area contributed by atoms with Gasteiger partial charge in [-0.05, 0) is 61.4 Å². The zero-order valence-electron chi connectivity index (χ0n) is 15.1. The number of hydrogen-bond acceptors (Lipinski definition) is 5. The molecule has 0 amide bonds. The van der Waals surface area contributed by atoms with Crippen LogP contribution in [-0.2, 0) is 9.59 Å². The molecule has 0 heterocycles. The SMILES string of the molecule is CC(=O)Oc1ccc(/C=C(/C(=O)O)c2cc(C(C)=O)cc(C(C)=O)c2)cc1. The summed E-state index contributed by atoms with van der Waals surface area (Å²) in [4.78, 5) is 46.2. The summed E-state index contributed by atoms with van der Waals surface area (Å²) in [6.45, 7) is 3.98. The second kappa shape index (κ2) is 8.23. The Kier molecular flexibility index (Phi) is 6.03. The summed E-state index contributed by atoms with van der Waals surface area (Å²) in [5, 5.41) is 9.61. The Hall–Kier alpha value is -3.54. The number of carbonyl (C=O) groups is 4. The van der Waals surface area contributed by atoms with Gasteiger partial charge in [-0.2, -0.15) is 0 Å². The summed E-state index contributed by atoms with van der Waals surface area (Å²) >= 11 is 0. The third-order valence-corrected chi connectivity index (χ3v) is 3.74. The lowest BCUT2D eigenvalue weighted by atomic mass is 9.95. The summed E-state index contributed by atoms with van der Waals surface area (Å²) in [6, 6.07) is 10.6. The zero-order chi connectivity index (χ0) is 20.1. The molecule has 0 aliphatic carbocycles. The van der Waals surface area contributed by atoms with Crippen molar-refractivity contribution in [1.29, 1.82) is 0 Å². The highest BCUT2D eigenvalue weighted by atomic mass is 16.5. The molecule has 2 rings (SSSR count). The minimum absolute atomic E-state index is 0.0687. The number of rotatable bonds is 6. The van der Waals surface area contributed by atoms with Crippen LogP contribution < -0.4 is 4.74 Å². The van der Waals surface area contributed by atoms with Crippen molar-refractivity contribution >= 4 is 35.2 Å². The van der Waals surface area contributed by atoms with Crippen LogP contribution in [0.5, 0.6) is 5.75 Å². The molecule has 1 N–H and O–H groups in total. The standard InChI is InChI=1S/C21H18O6/c1-12(22)16-9-17(13(2)23)11-18(10-16)20(21(25)26)8-15-4-6-19(7-5-15)27-14(3)24/h4-11H,1-3H3,(H,25,26)/b20-8+. The van der Waals surface area contributed by atoms with E-state index in [-0.39, 0.29) is 33.8 Å². The van der Waals surface area contributed by atoms with E-state index in [2.05, 4.69) is 0 Å². The topological polar surface area (TPSA) is 97.7 Å². The Bertz CT molecular complexity index is 919. The Morgan fingerprint density at radius 1 is 0.815 bits per heavy atom. The molecule has 0 atom stereocenters. The Morgan fingerprint density at radius 2 is 1.30 bits per heavy atom. The number of Topliss-reactive ketones (excluding diaryl/α,β-unsaturated/α-hetero) is 2. The third kappa shape index (κ3) is 5.22. The van der Waals surface area contributed by atoms with Gasteiger partial charge >= 0.3 is 11.9 Å². The summed E-state index contributed by atoms with van der Waals surface area (Å²) in [5.41, 5.74) is 1.26. The molecule has 0 radical (unpaired) electrons. The lowest BCUT2D eigenvalue weighted by Crippen LogP contribution is -2.05. The summed E-state index contributed by atoms with van der Waals surface area (Å²) < 4.78 is 4.94. The molecule has 138 valence electrons. The molecule has 27 heavy (non-hydrogen) atoms. The fourth-order valence-electron chi connectivity index (χ4n) is 2.42. The maximum atomic E-state index is 11.8. The summed E-state index contributed by atoms with van der Waals surface area (Å²) in [7, 11) is 0. The van der Waals surface area contributed by atoms with Gasteiger partial charge in [0.1, 0.15) is 5.75 Å². The fourth-order valence-corrected chi connectivity index (χ4v) is 2.42. The second-order valence-electron chi connectivity index (χ2n) is 5.94. The first-order valence-corrected chi connectivity index (χ1v) is 8.08. The molecular formula is C21H18O6. The number of esters is 1. The van der Waals surface area contributed by atoms with Crippen LogP contribution in [0.1, 0.15) is 52.6 Å². The second-order valence-corrected chi connectivity index (χ2v) is 5.94. The number of hydrogen-bond donors (Lipinski definition) is 1. The average molecular weight is 366 g/mol. The molecule has 2 aromatic rings. The van der Waals surface area contributed by atoms with Gasteiger partial charge in [0.2, 0.25) is 0 Å². The number of carbonyl (C=O) groups excluding carboxylic acids is 3. The normalized spacial score (nSPS) is 11.0. The number of ketones is 2. The highest BCUT2D eigenvalue weighted by molar-refractivity contribution is 6.21. The first kappa shape index (κ1) is 19.8. The molecule has 0 spiro atoms. The van der Waals surface area contributed by atoms with Gasteiger partial charge in [-0.3, -0.25) is 14.4 Å². The first-order valence-electron chi connectivity index (χ1n) is 8.08. The van der Waals surface area contributed by atoms with Gasteiger partial charge in [-0.25, -0.2) is 4.79 Å². The molecule has 0 saturated heterocycles. The van der Waals surface area contributed by atoms with Gasteiger partial charge in [0.25, 0.3) is 0 Å². The van der Waals surface area contributed by atoms with Crippen LogP contribution in [0, 0.1) is 0 Å². The van der Waals surface area contributed by atoms with Crippen molar-refractivity contribution in [2.45, 2.75) is 20.8 Å². The molecule has 0 aromatic heterocycles. The van der Waals surface area contributed by atoms with Gasteiger partial charge in [0.05, 0.1) is 5.57 Å². The molecule has 6 nitrogen and oxygen atoms in total. The third-order valence-electron chi connectivity index (χ3n) is 3.74. The van der Waals surface area contributed by atoms with E-state index < -0.39 is 11.9 Å². The van der Waals surface area contributed by atoms with Crippen LogP contribution in [-0.4, -0.2) is 28.6 Å². The van der Waals surface area contributed by atoms with Crippen LogP contribution in [0.4, 0.5) is 0 Å². The maximum Gasteiger partial charge on any atom is 0.336 e. The molecule has 0 aliphatic heterocycles. The van der Waals surface area contributed by atoms with E-state index in [4.69, 9.17) is 4.74 Å². The quantitative estimate of drug-likeness (QED) is 0.276. The van der Waals surface area contributed by atoms with Crippen molar-refractivity contribution in [3.8, 4) is 5.75 Å². The predicted octanol–water partition coefficient (Wildman–Crippen LogP) is 3.64. The minimum atomic E-state index is -1.20. The average Bonchev–Trinajstić information content (AvgIpc) is 2.59. The lowest BCUT2D eigenvalue weighted by Gasteiger charge is -2.08. The highest BCUT2D eigenvalue weighted by Gasteiger charge is 2.15. The molecule has 6 heteroatoms. The van der Waals surface area contributed by atoms with E-state index in [0.717, 1.165) is 0 Å². The molecule has 0 unspecified atom stereocenters. The van der Waals surface area contributed by atoms with Crippen molar-refractivity contribution in [2.24, 2.45) is 0 Å². The van der Waals surface area contributed by atoms with Crippen LogP contribution >= 0.6 is 0 Å². The smallest absolute Gasteiger partial charge is 0.336 e. The van der Waals surface area contributed by atoms with Crippen LogP contribution in [0.15, 0.2) is 42.5 Å². The Morgan fingerprint density at radius 3 is 1.70 bits per heavy atom. The van der Waals surface area contributed by atoms with Gasteiger partial charge in [-0.1, -0.05) is 12.1 Å². The van der Waals surface area contributed by atoms with E-state index >= 15 is 0 Å². The number of benzene rings is 2. The van der Waals surface area contributed by atoms with E-state index in [1.807, 2.05) is 0 Å². The number of carboxylic acids is 1. The van der Waals surface area contributed by atoms with Crippen molar-refractivity contribution in [3.05, 3.63) is 64.7 Å². The fraction of sp³-hybridized carbons (Fsp3) is 0.143. The monoisotopic (exact) mass is 366 g/mol. The zero-order valence-corrected chi connectivity index (χ0v) is 15.1. The largest absolute Gasteiger partial charge is 0.478 e. The van der Waals surface area contributed by atoms with Crippen molar-refractivity contribution in [2.75, 3.05) is 0 Å². The van der Waals surface area contributed by atoms with Crippen molar-refractivity contribution in [3.63, 3.8) is 0 Å². The van der Waals surface area contributed by atoms with Crippen molar-refractivity contribution < 1.29 is 29.0 Å². The number of aliphatic carboxylic acids is 1. The molecule has 0 bridgehead atoms. The molecular weight excluding hydrogens is 348 g/mol. The highest BCUT2D eigenvalue weighted by Crippen LogP contribution is 2.23. The first-order chi connectivity index (χ1) is 12.7.